The van der Waals surface area contributed by atoms with Crippen molar-refractivity contribution in [2.24, 2.45) is 5.92 Å². The summed E-state index contributed by atoms with van der Waals surface area (Å²) in [4.78, 5) is 10.3. The number of hydrogen-bond donors (Lipinski definition) is 1. The van der Waals surface area contributed by atoms with Crippen LogP contribution in [0, 0.1) is 16.0 Å². The normalized spacial score (nSPS) is 15.4. The SMILES string of the molecule is CCC(CCOc1ccc([N+](=O)[O-])cc1OC)NCC1CC1. The van der Waals surface area contributed by atoms with Gasteiger partial charge in [0.1, 0.15) is 0 Å². The molecule has 0 bridgehead atoms. The van der Waals surface area contributed by atoms with Crippen LogP contribution in [0.4, 0.5) is 5.69 Å². The first-order valence-corrected chi connectivity index (χ1v) is 7.82. The molecule has 122 valence electrons. The van der Waals surface area contributed by atoms with Crippen LogP contribution in [-0.4, -0.2) is 31.2 Å². The molecule has 1 saturated carbocycles. The quantitative estimate of drug-likeness (QED) is 0.531. The molecule has 22 heavy (non-hydrogen) atoms. The molecule has 1 N–H and O–H groups in total. The first-order valence-electron chi connectivity index (χ1n) is 7.82. The lowest BCUT2D eigenvalue weighted by molar-refractivity contribution is -0.384. The molecule has 0 saturated heterocycles. The minimum absolute atomic E-state index is 0.00161. The molecule has 1 aromatic carbocycles. The summed E-state index contributed by atoms with van der Waals surface area (Å²) in [6.45, 7) is 3.82. The molecule has 0 spiro atoms. The Hall–Kier alpha value is -1.82. The molecule has 6 nitrogen and oxygen atoms in total. The lowest BCUT2D eigenvalue weighted by Gasteiger charge is -2.17. The van der Waals surface area contributed by atoms with E-state index in [1.807, 2.05) is 0 Å². The second-order valence-electron chi connectivity index (χ2n) is 5.69. The van der Waals surface area contributed by atoms with Gasteiger partial charge in [-0.2, -0.15) is 0 Å². The van der Waals surface area contributed by atoms with Crippen LogP contribution in [0.1, 0.15) is 32.6 Å². The Morgan fingerprint density at radius 3 is 2.77 bits per heavy atom. The fourth-order valence-electron chi connectivity index (χ4n) is 2.31. The summed E-state index contributed by atoms with van der Waals surface area (Å²) in [5.74, 6) is 1.81. The van der Waals surface area contributed by atoms with Gasteiger partial charge < -0.3 is 14.8 Å². The van der Waals surface area contributed by atoms with Gasteiger partial charge in [-0.3, -0.25) is 10.1 Å². The van der Waals surface area contributed by atoms with Gasteiger partial charge in [0.25, 0.3) is 5.69 Å². The first-order chi connectivity index (χ1) is 10.6. The van der Waals surface area contributed by atoms with Gasteiger partial charge in [0.05, 0.1) is 24.7 Å². The number of nitrogens with zero attached hydrogens (tertiary/aromatic N) is 1. The van der Waals surface area contributed by atoms with Gasteiger partial charge in [-0.05, 0) is 44.2 Å². The van der Waals surface area contributed by atoms with E-state index in [1.54, 1.807) is 6.07 Å². The van der Waals surface area contributed by atoms with Crippen molar-refractivity contribution in [2.45, 2.75) is 38.6 Å². The molecule has 0 heterocycles. The molecule has 6 heteroatoms. The summed E-state index contributed by atoms with van der Waals surface area (Å²) in [7, 11) is 1.48. The molecular formula is C16H24N2O4. The van der Waals surface area contributed by atoms with E-state index in [0.717, 1.165) is 25.3 Å². The largest absolute Gasteiger partial charge is 0.493 e. The van der Waals surface area contributed by atoms with E-state index < -0.39 is 4.92 Å². The number of hydrogen-bond acceptors (Lipinski definition) is 5. The van der Waals surface area contributed by atoms with Crippen LogP contribution in [0.2, 0.25) is 0 Å². The molecule has 1 aliphatic rings. The average Bonchev–Trinajstić information content (AvgIpc) is 3.34. The number of nitro groups is 1. The highest BCUT2D eigenvalue weighted by Gasteiger charge is 2.21. The molecule has 1 unspecified atom stereocenters. The van der Waals surface area contributed by atoms with Gasteiger partial charge in [-0.15, -0.1) is 0 Å². The summed E-state index contributed by atoms with van der Waals surface area (Å²) in [6, 6.07) is 4.86. The number of ether oxygens (including phenoxy) is 2. The van der Waals surface area contributed by atoms with Crippen molar-refractivity contribution < 1.29 is 14.4 Å². The number of nitrogens with one attached hydrogen (secondary N) is 1. The molecular weight excluding hydrogens is 284 g/mol. The average molecular weight is 308 g/mol. The van der Waals surface area contributed by atoms with Crippen LogP contribution in [0.25, 0.3) is 0 Å². The molecule has 0 amide bonds. The molecule has 1 aromatic rings. The molecule has 0 radical (unpaired) electrons. The highest BCUT2D eigenvalue weighted by Crippen LogP contribution is 2.31. The topological polar surface area (TPSA) is 73.6 Å². The zero-order chi connectivity index (χ0) is 15.9. The van der Waals surface area contributed by atoms with Crippen LogP contribution in [-0.2, 0) is 0 Å². The lowest BCUT2D eigenvalue weighted by Crippen LogP contribution is -2.31. The Morgan fingerprint density at radius 1 is 1.41 bits per heavy atom. The highest BCUT2D eigenvalue weighted by atomic mass is 16.6. The number of non-ortho nitro benzene ring substituents is 1. The van der Waals surface area contributed by atoms with E-state index in [1.165, 1.54) is 32.1 Å². The lowest BCUT2D eigenvalue weighted by atomic mass is 10.1. The molecule has 2 rings (SSSR count). The molecule has 1 atom stereocenters. The van der Waals surface area contributed by atoms with Crippen molar-refractivity contribution in [2.75, 3.05) is 20.3 Å². The Morgan fingerprint density at radius 2 is 2.18 bits per heavy atom. The molecule has 1 aliphatic carbocycles. The Kier molecular flexibility index (Phi) is 6.00. The fraction of sp³-hybridized carbons (Fsp3) is 0.625. The zero-order valence-electron chi connectivity index (χ0n) is 13.2. The van der Waals surface area contributed by atoms with E-state index in [-0.39, 0.29) is 5.69 Å². The van der Waals surface area contributed by atoms with Crippen LogP contribution >= 0.6 is 0 Å². The predicted molar refractivity (Wildman–Crippen MR) is 84.6 cm³/mol. The summed E-state index contributed by atoms with van der Waals surface area (Å²) in [6.07, 6.45) is 4.66. The van der Waals surface area contributed by atoms with E-state index in [4.69, 9.17) is 9.47 Å². The van der Waals surface area contributed by atoms with Gasteiger partial charge >= 0.3 is 0 Å². The maximum Gasteiger partial charge on any atom is 0.273 e. The monoisotopic (exact) mass is 308 g/mol. The zero-order valence-corrected chi connectivity index (χ0v) is 13.2. The molecule has 0 aromatic heterocycles. The third-order valence-electron chi connectivity index (χ3n) is 3.97. The minimum atomic E-state index is -0.443. The van der Waals surface area contributed by atoms with Crippen molar-refractivity contribution in [1.82, 2.24) is 5.32 Å². The summed E-state index contributed by atoms with van der Waals surface area (Å²) in [5.41, 5.74) is 0.00161. The van der Waals surface area contributed by atoms with E-state index in [2.05, 4.69) is 12.2 Å². The Bertz CT molecular complexity index is 503. The van der Waals surface area contributed by atoms with Gasteiger partial charge in [0, 0.05) is 12.1 Å². The summed E-state index contributed by atoms with van der Waals surface area (Å²) < 4.78 is 10.9. The van der Waals surface area contributed by atoms with Crippen molar-refractivity contribution in [1.29, 1.82) is 0 Å². The predicted octanol–water partition coefficient (Wildman–Crippen LogP) is 3.15. The van der Waals surface area contributed by atoms with Crippen molar-refractivity contribution in [3.05, 3.63) is 28.3 Å². The van der Waals surface area contributed by atoms with Crippen molar-refractivity contribution in [3.63, 3.8) is 0 Å². The third-order valence-corrected chi connectivity index (χ3v) is 3.97. The minimum Gasteiger partial charge on any atom is -0.493 e. The number of methoxy groups -OCH3 is 1. The third kappa shape index (κ3) is 4.87. The summed E-state index contributed by atoms with van der Waals surface area (Å²) >= 11 is 0. The number of nitro benzene ring substituents is 1. The Labute approximate surface area is 131 Å². The fourth-order valence-corrected chi connectivity index (χ4v) is 2.31. The van der Waals surface area contributed by atoms with Crippen LogP contribution in [0.3, 0.4) is 0 Å². The molecule has 0 aliphatic heterocycles. The number of rotatable bonds is 10. The standard InChI is InChI=1S/C16H24N2O4/c1-3-13(17-11-12-4-5-12)8-9-22-15-7-6-14(18(19)20)10-16(15)21-2/h6-7,10,12-13,17H,3-5,8-9,11H2,1-2H3. The second-order valence-corrected chi connectivity index (χ2v) is 5.69. The van der Waals surface area contributed by atoms with Gasteiger partial charge in [-0.1, -0.05) is 6.92 Å². The van der Waals surface area contributed by atoms with Crippen molar-refractivity contribution in [3.8, 4) is 11.5 Å². The van der Waals surface area contributed by atoms with E-state index >= 15 is 0 Å². The summed E-state index contributed by atoms with van der Waals surface area (Å²) in [5, 5.41) is 14.3. The highest BCUT2D eigenvalue weighted by molar-refractivity contribution is 5.48. The first kappa shape index (κ1) is 16.5. The van der Waals surface area contributed by atoms with Crippen LogP contribution < -0.4 is 14.8 Å². The van der Waals surface area contributed by atoms with E-state index in [0.29, 0.717) is 24.1 Å². The van der Waals surface area contributed by atoms with Crippen molar-refractivity contribution >= 4 is 5.69 Å². The van der Waals surface area contributed by atoms with Crippen LogP contribution in [0.5, 0.6) is 11.5 Å². The number of benzene rings is 1. The van der Waals surface area contributed by atoms with Gasteiger partial charge in [0.15, 0.2) is 11.5 Å². The molecule has 1 fully saturated rings. The van der Waals surface area contributed by atoms with E-state index in [9.17, 15) is 10.1 Å². The maximum absolute atomic E-state index is 10.8. The van der Waals surface area contributed by atoms with Gasteiger partial charge in [0.2, 0.25) is 0 Å². The smallest absolute Gasteiger partial charge is 0.273 e. The Balaban J connectivity index is 1.82. The van der Waals surface area contributed by atoms with Gasteiger partial charge in [-0.25, -0.2) is 0 Å². The van der Waals surface area contributed by atoms with Crippen LogP contribution in [0.15, 0.2) is 18.2 Å². The maximum atomic E-state index is 10.8. The second kappa shape index (κ2) is 7.98.